The molecule has 160 valence electrons. The summed E-state index contributed by atoms with van der Waals surface area (Å²) in [5, 5.41) is 7.03. The van der Waals surface area contributed by atoms with Gasteiger partial charge in [-0.25, -0.2) is 9.80 Å². The van der Waals surface area contributed by atoms with Crippen molar-refractivity contribution in [2.75, 3.05) is 16.5 Å². The van der Waals surface area contributed by atoms with Crippen molar-refractivity contribution in [3.8, 4) is 0 Å². The third kappa shape index (κ3) is 3.73. The Morgan fingerprint density at radius 1 is 1.10 bits per heavy atom. The van der Waals surface area contributed by atoms with Crippen LogP contribution in [-0.4, -0.2) is 27.7 Å². The number of Topliss-reactive ketones (excluding diaryl/α,β-unsaturated/α-hetero) is 1. The molecule has 0 bridgehead atoms. The van der Waals surface area contributed by atoms with Crippen LogP contribution >= 0.6 is 35.1 Å². The third-order valence-electron chi connectivity index (χ3n) is 4.73. The Morgan fingerprint density at radius 2 is 1.77 bits per heavy atom. The fraction of sp³-hybridized carbons (Fsp3) is 0.227. The molecule has 2 aromatic carbocycles. The number of ketones is 1. The Balaban J connectivity index is 1.91. The van der Waals surface area contributed by atoms with Gasteiger partial charge in [0.2, 0.25) is 9.37 Å². The Kier molecular flexibility index (Phi) is 6.05. The molecule has 2 heterocycles. The number of nitrogens with zero attached hydrogens (tertiary/aromatic N) is 3. The van der Waals surface area contributed by atoms with E-state index in [0.717, 1.165) is 11.4 Å². The lowest BCUT2D eigenvalue weighted by molar-refractivity contribution is -0.134. The molecule has 0 aliphatic carbocycles. The minimum atomic E-state index is -0.987. The Morgan fingerprint density at radius 3 is 2.42 bits per heavy atom. The number of hydrazone groups is 1. The molecule has 0 aromatic heterocycles. The first kappa shape index (κ1) is 21.8. The van der Waals surface area contributed by atoms with E-state index in [1.165, 1.54) is 23.5 Å². The standard InChI is InChI=1S/C22H20ClN3O3S2/c1-4-29-21(28)20-24-26(18-13-9-8-12-17(18)23)22(31-20)25(16-10-6-5-7-11-16)14(2)19(30-22)15(3)27/h5-13H,4H2,1-3H3/t22-/m1/s1. The number of halogens is 1. The van der Waals surface area contributed by atoms with Crippen LogP contribution in [0.3, 0.4) is 0 Å². The van der Waals surface area contributed by atoms with Crippen molar-refractivity contribution in [1.29, 1.82) is 0 Å². The molecule has 4 rings (SSSR count). The number of para-hydroxylation sites is 2. The van der Waals surface area contributed by atoms with Gasteiger partial charge >= 0.3 is 5.97 Å². The minimum absolute atomic E-state index is 0.0513. The summed E-state index contributed by atoms with van der Waals surface area (Å²) in [5.74, 6) is -0.562. The first-order valence-corrected chi connectivity index (χ1v) is 11.7. The summed E-state index contributed by atoms with van der Waals surface area (Å²) in [4.78, 5) is 27.8. The highest BCUT2D eigenvalue weighted by atomic mass is 35.5. The highest BCUT2D eigenvalue weighted by Crippen LogP contribution is 2.60. The molecule has 9 heteroatoms. The predicted octanol–water partition coefficient (Wildman–Crippen LogP) is 5.46. The van der Waals surface area contributed by atoms with Gasteiger partial charge in [0.1, 0.15) is 0 Å². The molecule has 0 saturated heterocycles. The Labute approximate surface area is 194 Å². The summed E-state index contributed by atoms with van der Waals surface area (Å²) in [6.45, 7) is 5.43. The van der Waals surface area contributed by atoms with Gasteiger partial charge in [-0.15, -0.1) is 0 Å². The van der Waals surface area contributed by atoms with E-state index in [4.69, 9.17) is 16.3 Å². The van der Waals surface area contributed by atoms with Crippen LogP contribution in [0, 0.1) is 0 Å². The molecule has 6 nitrogen and oxygen atoms in total. The van der Waals surface area contributed by atoms with Crippen molar-refractivity contribution in [3.63, 3.8) is 0 Å². The van der Waals surface area contributed by atoms with Crippen LogP contribution in [0.1, 0.15) is 20.8 Å². The maximum absolute atomic E-state index is 12.6. The average molecular weight is 474 g/mol. The van der Waals surface area contributed by atoms with Gasteiger partial charge in [-0.1, -0.05) is 53.7 Å². The van der Waals surface area contributed by atoms with Gasteiger partial charge < -0.3 is 9.64 Å². The van der Waals surface area contributed by atoms with Gasteiger partial charge in [0.05, 0.1) is 22.2 Å². The third-order valence-corrected chi connectivity index (χ3v) is 8.03. The lowest BCUT2D eigenvalue weighted by Crippen LogP contribution is -2.49. The number of carbonyl (C=O) groups excluding carboxylic acids is 2. The number of thioether (sulfide) groups is 2. The second-order valence-corrected chi connectivity index (χ2v) is 9.79. The van der Waals surface area contributed by atoms with E-state index in [1.807, 2.05) is 60.4 Å². The highest BCUT2D eigenvalue weighted by molar-refractivity contribution is 8.29. The van der Waals surface area contributed by atoms with E-state index >= 15 is 0 Å². The normalized spacial score (nSPS) is 20.5. The molecular weight excluding hydrogens is 454 g/mol. The predicted molar refractivity (Wildman–Crippen MR) is 128 cm³/mol. The molecule has 0 fully saturated rings. The van der Waals surface area contributed by atoms with E-state index in [2.05, 4.69) is 5.10 Å². The number of esters is 1. The topological polar surface area (TPSA) is 62.2 Å². The number of benzene rings is 2. The van der Waals surface area contributed by atoms with Crippen LogP contribution in [0.4, 0.5) is 11.4 Å². The van der Waals surface area contributed by atoms with Crippen molar-refractivity contribution in [1.82, 2.24) is 0 Å². The Bertz CT molecular complexity index is 1110. The molecule has 0 unspecified atom stereocenters. The summed E-state index contributed by atoms with van der Waals surface area (Å²) < 4.78 is 4.24. The average Bonchev–Trinajstić information content (AvgIpc) is 3.27. The summed E-state index contributed by atoms with van der Waals surface area (Å²) >= 11 is 9.14. The minimum Gasteiger partial charge on any atom is -0.461 e. The number of anilines is 2. The second-order valence-electron chi connectivity index (χ2n) is 6.78. The van der Waals surface area contributed by atoms with E-state index in [9.17, 15) is 9.59 Å². The van der Waals surface area contributed by atoms with Gasteiger partial charge in [0.25, 0.3) is 0 Å². The largest absolute Gasteiger partial charge is 0.461 e. The molecule has 2 aliphatic heterocycles. The van der Waals surface area contributed by atoms with E-state index in [0.29, 0.717) is 15.6 Å². The van der Waals surface area contributed by atoms with Crippen molar-refractivity contribution in [3.05, 3.63) is 70.2 Å². The summed E-state index contributed by atoms with van der Waals surface area (Å²) in [7, 11) is 0. The van der Waals surface area contributed by atoms with Gasteiger partial charge in [-0.05, 0) is 56.8 Å². The van der Waals surface area contributed by atoms with Crippen LogP contribution in [0.15, 0.2) is 70.3 Å². The smallest absolute Gasteiger partial charge is 0.365 e. The number of carbonyl (C=O) groups is 2. The fourth-order valence-electron chi connectivity index (χ4n) is 3.48. The summed E-state index contributed by atoms with van der Waals surface area (Å²) in [5.41, 5.74) is 2.28. The van der Waals surface area contributed by atoms with Gasteiger partial charge in [-0.2, -0.15) is 5.10 Å². The van der Waals surface area contributed by atoms with Crippen LogP contribution in [-0.2, 0) is 14.3 Å². The van der Waals surface area contributed by atoms with E-state index in [-0.39, 0.29) is 17.4 Å². The highest BCUT2D eigenvalue weighted by Gasteiger charge is 2.58. The lowest BCUT2D eigenvalue weighted by Gasteiger charge is -2.41. The van der Waals surface area contributed by atoms with E-state index in [1.54, 1.807) is 24.9 Å². The molecule has 0 N–H and O–H groups in total. The molecule has 0 saturated carbocycles. The zero-order valence-electron chi connectivity index (χ0n) is 17.2. The zero-order chi connectivity index (χ0) is 22.2. The second kappa shape index (κ2) is 8.61. The summed E-state index contributed by atoms with van der Waals surface area (Å²) in [6, 6.07) is 17.0. The van der Waals surface area contributed by atoms with Crippen LogP contribution in [0.2, 0.25) is 5.02 Å². The number of allylic oxidation sites excluding steroid dienone is 2. The van der Waals surface area contributed by atoms with E-state index < -0.39 is 10.3 Å². The molecular formula is C22H20ClN3O3S2. The van der Waals surface area contributed by atoms with Crippen molar-refractivity contribution in [2.24, 2.45) is 5.10 Å². The molecule has 1 atom stereocenters. The molecule has 0 radical (unpaired) electrons. The summed E-state index contributed by atoms with van der Waals surface area (Å²) in [6.07, 6.45) is 0. The van der Waals surface area contributed by atoms with Crippen LogP contribution in [0.5, 0.6) is 0 Å². The van der Waals surface area contributed by atoms with Crippen LogP contribution in [0.25, 0.3) is 0 Å². The molecule has 0 amide bonds. The van der Waals surface area contributed by atoms with Crippen molar-refractivity contribution in [2.45, 2.75) is 25.1 Å². The lowest BCUT2D eigenvalue weighted by atomic mass is 10.2. The first-order valence-electron chi connectivity index (χ1n) is 9.64. The molecule has 1 spiro atoms. The number of rotatable bonds is 5. The number of hydrogen-bond acceptors (Lipinski definition) is 8. The SMILES string of the molecule is CCOC(=O)C1=NN(c2ccccc2Cl)[C@@]2(S1)SC(C(C)=O)=C(C)N2c1ccccc1. The molecule has 31 heavy (non-hydrogen) atoms. The fourth-order valence-corrected chi connectivity index (χ4v) is 6.63. The zero-order valence-corrected chi connectivity index (χ0v) is 19.6. The van der Waals surface area contributed by atoms with Crippen LogP contribution < -0.4 is 9.91 Å². The monoisotopic (exact) mass is 473 g/mol. The van der Waals surface area contributed by atoms with Crippen molar-refractivity contribution >= 4 is 63.3 Å². The number of hydrogen-bond donors (Lipinski definition) is 0. The number of ether oxygens (including phenoxy) is 1. The maximum Gasteiger partial charge on any atom is 0.365 e. The van der Waals surface area contributed by atoms with Gasteiger partial charge in [0, 0.05) is 11.4 Å². The van der Waals surface area contributed by atoms with Crippen molar-refractivity contribution < 1.29 is 14.3 Å². The Hall–Kier alpha value is -2.42. The maximum atomic E-state index is 12.6. The first-order chi connectivity index (χ1) is 14.9. The van der Waals surface area contributed by atoms with Gasteiger partial charge in [-0.3, -0.25) is 4.79 Å². The quantitative estimate of drug-likeness (QED) is 0.534. The molecule has 2 aromatic rings. The van der Waals surface area contributed by atoms with Gasteiger partial charge in [0.15, 0.2) is 5.78 Å². The molecule has 2 aliphatic rings.